The summed E-state index contributed by atoms with van der Waals surface area (Å²) in [4.78, 5) is 0.498. The molecule has 6 heteroatoms. The minimum absolute atomic E-state index is 0.229. The van der Waals surface area contributed by atoms with Gasteiger partial charge in [-0.05, 0) is 44.4 Å². The fourth-order valence-electron chi connectivity index (χ4n) is 3.79. The molecule has 4 nitrogen and oxygen atoms in total. The van der Waals surface area contributed by atoms with E-state index in [-0.39, 0.29) is 12.1 Å². The zero-order valence-electron chi connectivity index (χ0n) is 11.5. The number of hydrogen-bond acceptors (Lipinski definition) is 2. The van der Waals surface area contributed by atoms with Crippen molar-refractivity contribution in [3.8, 4) is 0 Å². The van der Waals surface area contributed by atoms with E-state index in [4.69, 9.17) is 0 Å². The Morgan fingerprint density at radius 2 is 1.53 bits per heavy atom. The summed E-state index contributed by atoms with van der Waals surface area (Å²) in [5, 5.41) is 0. The van der Waals surface area contributed by atoms with Gasteiger partial charge in [-0.25, -0.2) is 0 Å². The molecule has 0 aliphatic carbocycles. The quantitative estimate of drug-likeness (QED) is 0.717. The molecule has 2 atom stereocenters. The zero-order valence-corrected chi connectivity index (χ0v) is 13.9. The molecule has 0 amide bonds. The highest BCUT2D eigenvalue weighted by Gasteiger charge is 2.48. The first-order valence-electron chi connectivity index (χ1n) is 7.41. The fourth-order valence-corrected chi connectivity index (χ4v) is 6.73. The minimum Gasteiger partial charge on any atom is -0.195 e. The molecule has 0 N–H and O–H groups in total. The predicted octanol–water partition coefficient (Wildman–Crippen LogP) is 2.35. The second-order valence-corrected chi connectivity index (χ2v) is 9.50. The van der Waals surface area contributed by atoms with Crippen LogP contribution in [0, 0.1) is 5.92 Å². The largest absolute Gasteiger partial charge is 0.282 e. The lowest BCUT2D eigenvalue weighted by atomic mass is 10.0. The lowest BCUT2D eigenvalue weighted by Gasteiger charge is -2.40. The molecule has 3 aliphatic rings. The van der Waals surface area contributed by atoms with Gasteiger partial charge in [0.25, 0.3) is 10.2 Å². The molecular weight excluding hydrogens is 328 g/mol. The van der Waals surface area contributed by atoms with Gasteiger partial charge in [0.2, 0.25) is 0 Å². The van der Waals surface area contributed by atoms with Crippen molar-refractivity contribution >= 4 is 26.1 Å². The Morgan fingerprint density at radius 1 is 1.00 bits per heavy atom. The monoisotopic (exact) mass is 350 g/mol. The van der Waals surface area contributed by atoms with Crippen LogP contribution in [-0.2, 0) is 10.2 Å². The average molecular weight is 351 g/mol. The van der Waals surface area contributed by atoms with Gasteiger partial charge in [-0.15, -0.1) is 0 Å². The second kappa shape index (κ2) is 5.28. The van der Waals surface area contributed by atoms with Crippen molar-refractivity contribution in [2.24, 2.45) is 5.92 Å². The zero-order chi connectivity index (χ0) is 13.6. The van der Waals surface area contributed by atoms with Crippen LogP contribution in [0.4, 0.5) is 0 Å². The van der Waals surface area contributed by atoms with E-state index in [2.05, 4.69) is 22.9 Å². The van der Waals surface area contributed by atoms with Crippen molar-refractivity contribution in [1.82, 2.24) is 8.61 Å². The highest BCUT2D eigenvalue weighted by Crippen LogP contribution is 2.41. The number of fused-ring (bicyclic) bond motifs is 2. The third kappa shape index (κ3) is 2.61. The Kier molecular flexibility index (Phi) is 3.97. The molecule has 2 bridgehead atoms. The van der Waals surface area contributed by atoms with E-state index in [0.29, 0.717) is 23.8 Å². The Bertz CT molecular complexity index is 420. The van der Waals surface area contributed by atoms with E-state index < -0.39 is 10.2 Å². The van der Waals surface area contributed by atoms with E-state index in [9.17, 15) is 8.42 Å². The van der Waals surface area contributed by atoms with Gasteiger partial charge in [0.05, 0.1) is 0 Å². The van der Waals surface area contributed by atoms with Crippen molar-refractivity contribution in [1.29, 1.82) is 0 Å². The Hall–Kier alpha value is 0.350. The van der Waals surface area contributed by atoms with Crippen molar-refractivity contribution in [3.05, 3.63) is 0 Å². The van der Waals surface area contributed by atoms with E-state index in [1.165, 1.54) is 0 Å². The fraction of sp³-hybridized carbons (Fsp3) is 1.00. The summed E-state index contributed by atoms with van der Waals surface area (Å²) in [6, 6.07) is 0.458. The smallest absolute Gasteiger partial charge is 0.195 e. The topological polar surface area (TPSA) is 40.6 Å². The van der Waals surface area contributed by atoms with E-state index in [1.807, 2.05) is 4.31 Å². The summed E-state index contributed by atoms with van der Waals surface area (Å²) in [6.45, 7) is 3.62. The van der Waals surface area contributed by atoms with Gasteiger partial charge in [-0.3, -0.25) is 0 Å². The molecule has 3 saturated heterocycles. The molecule has 3 heterocycles. The molecule has 19 heavy (non-hydrogen) atoms. The van der Waals surface area contributed by atoms with Crippen LogP contribution in [0.15, 0.2) is 0 Å². The van der Waals surface area contributed by atoms with Gasteiger partial charge in [-0.1, -0.05) is 22.9 Å². The lowest BCUT2D eigenvalue weighted by Crippen LogP contribution is -2.54. The van der Waals surface area contributed by atoms with Crippen molar-refractivity contribution in [2.75, 3.05) is 13.1 Å². The molecule has 3 fully saturated rings. The summed E-state index contributed by atoms with van der Waals surface area (Å²) in [5.74, 6) is 0.663. The van der Waals surface area contributed by atoms with Crippen LogP contribution in [0.5, 0.6) is 0 Å². The number of piperidine rings is 2. The molecule has 0 aromatic carbocycles. The van der Waals surface area contributed by atoms with Crippen LogP contribution in [0.25, 0.3) is 0 Å². The van der Waals surface area contributed by atoms with Crippen LogP contribution >= 0.6 is 15.9 Å². The van der Waals surface area contributed by atoms with E-state index >= 15 is 0 Å². The molecule has 110 valence electrons. The van der Waals surface area contributed by atoms with E-state index in [1.54, 1.807) is 4.31 Å². The number of alkyl halides is 1. The Labute approximate surface area is 124 Å². The molecule has 3 rings (SSSR count). The van der Waals surface area contributed by atoms with Crippen LogP contribution < -0.4 is 0 Å². The van der Waals surface area contributed by atoms with Gasteiger partial charge < -0.3 is 0 Å². The highest BCUT2D eigenvalue weighted by atomic mass is 79.9. The SMILES string of the molecule is CC1CCN(S(=O)(=O)N2C3CCC2CC(Br)C3)CC1. The molecule has 0 spiro atoms. The van der Waals surface area contributed by atoms with Gasteiger partial charge >= 0.3 is 0 Å². The molecule has 0 aromatic rings. The summed E-state index contributed by atoms with van der Waals surface area (Å²) >= 11 is 3.67. The first kappa shape index (κ1) is 14.3. The van der Waals surface area contributed by atoms with Crippen molar-refractivity contribution in [2.45, 2.75) is 62.4 Å². The average Bonchev–Trinajstić information content (AvgIpc) is 2.64. The van der Waals surface area contributed by atoms with Crippen LogP contribution in [0.1, 0.15) is 45.4 Å². The molecular formula is C13H23BrN2O2S. The molecule has 0 radical (unpaired) electrons. The van der Waals surface area contributed by atoms with Gasteiger partial charge in [0.1, 0.15) is 0 Å². The van der Waals surface area contributed by atoms with Crippen molar-refractivity contribution < 1.29 is 8.42 Å². The molecule has 2 unspecified atom stereocenters. The normalized spacial score (nSPS) is 38.7. The Morgan fingerprint density at radius 3 is 2.05 bits per heavy atom. The maximum Gasteiger partial charge on any atom is 0.282 e. The van der Waals surface area contributed by atoms with Gasteiger partial charge in [-0.2, -0.15) is 17.0 Å². The maximum atomic E-state index is 12.9. The first-order chi connectivity index (χ1) is 8.98. The van der Waals surface area contributed by atoms with Crippen molar-refractivity contribution in [3.63, 3.8) is 0 Å². The third-order valence-corrected chi connectivity index (χ3v) is 7.84. The van der Waals surface area contributed by atoms with Gasteiger partial charge in [0.15, 0.2) is 0 Å². The number of nitrogens with zero attached hydrogens (tertiary/aromatic N) is 2. The minimum atomic E-state index is -3.22. The van der Waals surface area contributed by atoms with Crippen LogP contribution in [-0.4, -0.2) is 47.0 Å². The van der Waals surface area contributed by atoms with Crippen LogP contribution in [0.3, 0.4) is 0 Å². The molecule has 0 saturated carbocycles. The standard InChI is InChI=1S/C13H23BrN2O2S/c1-10-4-6-15(7-5-10)19(17,18)16-12-2-3-13(16)9-11(14)8-12/h10-13H,2-9H2,1H3. The highest BCUT2D eigenvalue weighted by molar-refractivity contribution is 9.09. The lowest BCUT2D eigenvalue weighted by molar-refractivity contribution is 0.213. The Balaban J connectivity index is 1.78. The second-order valence-electron chi connectivity index (χ2n) is 6.37. The third-order valence-electron chi connectivity index (χ3n) is 4.94. The van der Waals surface area contributed by atoms with Gasteiger partial charge in [0, 0.05) is 30.0 Å². The van der Waals surface area contributed by atoms with E-state index in [0.717, 1.165) is 38.5 Å². The number of hydrogen-bond donors (Lipinski definition) is 0. The summed E-state index contributed by atoms with van der Waals surface area (Å²) in [6.07, 6.45) is 6.03. The summed E-state index contributed by atoms with van der Waals surface area (Å²) in [5.41, 5.74) is 0. The summed E-state index contributed by atoms with van der Waals surface area (Å²) < 4.78 is 29.3. The molecule has 3 aliphatic heterocycles. The summed E-state index contributed by atoms with van der Waals surface area (Å²) in [7, 11) is -3.22. The number of halogens is 1. The number of rotatable bonds is 2. The van der Waals surface area contributed by atoms with Crippen LogP contribution in [0.2, 0.25) is 0 Å². The predicted molar refractivity (Wildman–Crippen MR) is 79.5 cm³/mol. The first-order valence-corrected chi connectivity index (χ1v) is 9.72. The molecule has 0 aromatic heterocycles. The maximum absolute atomic E-state index is 12.9.